The first-order valence-electron chi connectivity index (χ1n) is 5.98. The summed E-state index contributed by atoms with van der Waals surface area (Å²) in [7, 11) is 0. The van der Waals surface area contributed by atoms with Gasteiger partial charge in [0, 0.05) is 6.54 Å². The molecule has 0 unspecified atom stereocenters. The summed E-state index contributed by atoms with van der Waals surface area (Å²) in [5.41, 5.74) is -0.968. The predicted octanol–water partition coefficient (Wildman–Crippen LogP) is 1.39. The van der Waals surface area contributed by atoms with Crippen molar-refractivity contribution in [2.24, 2.45) is 5.41 Å². The number of nitriles is 1. The highest BCUT2D eigenvalue weighted by molar-refractivity contribution is 5.88. The molecule has 0 atom stereocenters. The molecule has 1 rings (SSSR count). The minimum absolute atomic E-state index is 0.304. The van der Waals surface area contributed by atoms with Crippen LogP contribution in [-0.4, -0.2) is 35.0 Å². The average Bonchev–Trinajstić information content (AvgIpc) is 2.76. The molecule has 5 heteroatoms. The van der Waals surface area contributed by atoms with Crippen molar-refractivity contribution < 1.29 is 14.7 Å². The van der Waals surface area contributed by atoms with E-state index in [1.807, 2.05) is 6.92 Å². The Kier molecular flexibility index (Phi) is 4.50. The highest BCUT2D eigenvalue weighted by Gasteiger charge is 2.44. The first-order valence-corrected chi connectivity index (χ1v) is 5.98. The molecule has 0 radical (unpaired) electrons. The number of rotatable bonds is 5. The molecular formula is C12H18N2O3. The summed E-state index contributed by atoms with van der Waals surface area (Å²) >= 11 is 0. The van der Waals surface area contributed by atoms with Crippen molar-refractivity contribution in [3.05, 3.63) is 0 Å². The van der Waals surface area contributed by atoms with Crippen LogP contribution in [0.5, 0.6) is 0 Å². The van der Waals surface area contributed by atoms with Gasteiger partial charge in [-0.3, -0.25) is 9.59 Å². The zero-order chi connectivity index (χ0) is 12.9. The van der Waals surface area contributed by atoms with Gasteiger partial charge < -0.3 is 10.0 Å². The molecule has 0 aromatic carbocycles. The van der Waals surface area contributed by atoms with E-state index in [4.69, 9.17) is 5.11 Å². The Morgan fingerprint density at radius 1 is 1.41 bits per heavy atom. The van der Waals surface area contributed by atoms with E-state index in [0.29, 0.717) is 25.8 Å². The molecule has 0 bridgehead atoms. The van der Waals surface area contributed by atoms with E-state index in [1.165, 1.54) is 4.90 Å². The van der Waals surface area contributed by atoms with Crippen molar-refractivity contribution in [1.82, 2.24) is 4.90 Å². The lowest BCUT2D eigenvalue weighted by atomic mass is 9.86. The number of hydrogen-bond acceptors (Lipinski definition) is 3. The van der Waals surface area contributed by atoms with Crippen LogP contribution in [0.25, 0.3) is 0 Å². The summed E-state index contributed by atoms with van der Waals surface area (Å²) in [5, 5.41) is 18.0. The molecular weight excluding hydrogens is 220 g/mol. The van der Waals surface area contributed by atoms with Crippen LogP contribution >= 0.6 is 0 Å². The van der Waals surface area contributed by atoms with Crippen molar-refractivity contribution >= 4 is 11.9 Å². The molecule has 1 amide bonds. The molecule has 1 aliphatic rings. The third-order valence-electron chi connectivity index (χ3n) is 3.19. The van der Waals surface area contributed by atoms with Crippen molar-refractivity contribution in [2.75, 3.05) is 13.1 Å². The number of hydrogen-bond donors (Lipinski definition) is 1. The lowest BCUT2D eigenvalue weighted by Gasteiger charge is -2.28. The van der Waals surface area contributed by atoms with Crippen LogP contribution < -0.4 is 0 Å². The molecule has 1 aliphatic carbocycles. The van der Waals surface area contributed by atoms with Gasteiger partial charge in [0.15, 0.2) is 0 Å². The molecule has 17 heavy (non-hydrogen) atoms. The van der Waals surface area contributed by atoms with Crippen LogP contribution in [0.4, 0.5) is 0 Å². The summed E-state index contributed by atoms with van der Waals surface area (Å²) in [6.07, 6.45) is 3.55. The van der Waals surface area contributed by atoms with E-state index in [2.05, 4.69) is 6.07 Å². The second kappa shape index (κ2) is 5.67. The quantitative estimate of drug-likeness (QED) is 0.784. The van der Waals surface area contributed by atoms with Gasteiger partial charge in [0.2, 0.25) is 5.91 Å². The number of carboxylic acids is 1. The van der Waals surface area contributed by atoms with Crippen LogP contribution in [0.1, 0.15) is 39.0 Å². The minimum atomic E-state index is -1.03. The molecule has 0 aromatic rings. The van der Waals surface area contributed by atoms with E-state index in [-0.39, 0.29) is 12.5 Å². The Balaban J connectivity index is 2.82. The Morgan fingerprint density at radius 3 is 2.41 bits per heavy atom. The van der Waals surface area contributed by atoms with Gasteiger partial charge in [-0.15, -0.1) is 0 Å². The zero-order valence-corrected chi connectivity index (χ0v) is 10.1. The van der Waals surface area contributed by atoms with Crippen molar-refractivity contribution in [3.63, 3.8) is 0 Å². The van der Waals surface area contributed by atoms with Crippen LogP contribution in [0, 0.1) is 16.7 Å². The zero-order valence-electron chi connectivity index (χ0n) is 10.1. The normalized spacial score (nSPS) is 17.4. The van der Waals surface area contributed by atoms with Crippen LogP contribution in [-0.2, 0) is 9.59 Å². The number of amides is 1. The van der Waals surface area contributed by atoms with E-state index in [0.717, 1.165) is 12.8 Å². The van der Waals surface area contributed by atoms with Gasteiger partial charge in [0.05, 0.1) is 6.07 Å². The maximum atomic E-state index is 12.3. The first-order chi connectivity index (χ1) is 8.05. The summed E-state index contributed by atoms with van der Waals surface area (Å²) in [6, 6.07) is 2.11. The molecule has 5 nitrogen and oxygen atoms in total. The van der Waals surface area contributed by atoms with Crippen molar-refractivity contribution in [3.8, 4) is 6.07 Å². The number of carbonyl (C=O) groups is 2. The van der Waals surface area contributed by atoms with Crippen molar-refractivity contribution in [2.45, 2.75) is 39.0 Å². The maximum Gasteiger partial charge on any atom is 0.323 e. The Hall–Kier alpha value is -1.57. The Labute approximate surface area is 101 Å². The summed E-state index contributed by atoms with van der Waals surface area (Å²) in [5.74, 6) is -1.33. The Bertz CT molecular complexity index is 340. The topological polar surface area (TPSA) is 81.4 Å². The SMILES string of the molecule is CCCN(CC(=O)O)C(=O)C1(C#N)CCCC1. The van der Waals surface area contributed by atoms with E-state index < -0.39 is 11.4 Å². The molecule has 0 aliphatic heterocycles. The average molecular weight is 238 g/mol. The number of nitrogens with zero attached hydrogens (tertiary/aromatic N) is 2. The fourth-order valence-electron chi connectivity index (χ4n) is 2.34. The summed E-state index contributed by atoms with van der Waals surface area (Å²) in [6.45, 7) is 1.97. The fourth-order valence-corrected chi connectivity index (χ4v) is 2.34. The molecule has 0 heterocycles. The van der Waals surface area contributed by atoms with Crippen molar-refractivity contribution in [1.29, 1.82) is 5.26 Å². The molecule has 1 N–H and O–H groups in total. The smallest absolute Gasteiger partial charge is 0.323 e. The molecule has 94 valence electrons. The summed E-state index contributed by atoms with van der Waals surface area (Å²) in [4.78, 5) is 24.3. The van der Waals surface area contributed by atoms with Gasteiger partial charge in [-0.05, 0) is 19.3 Å². The van der Waals surface area contributed by atoms with E-state index in [1.54, 1.807) is 0 Å². The van der Waals surface area contributed by atoms with Gasteiger partial charge in [-0.2, -0.15) is 5.26 Å². The number of aliphatic carboxylic acids is 1. The lowest BCUT2D eigenvalue weighted by Crippen LogP contribution is -2.44. The third kappa shape index (κ3) is 2.96. The van der Waals surface area contributed by atoms with Crippen LogP contribution in [0.2, 0.25) is 0 Å². The minimum Gasteiger partial charge on any atom is -0.480 e. The fraction of sp³-hybridized carbons (Fsp3) is 0.750. The highest BCUT2D eigenvalue weighted by atomic mass is 16.4. The van der Waals surface area contributed by atoms with Crippen LogP contribution in [0.15, 0.2) is 0 Å². The standard InChI is InChI=1S/C12H18N2O3/c1-2-7-14(8-10(15)16)11(17)12(9-13)5-3-4-6-12/h2-8H2,1H3,(H,15,16). The van der Waals surface area contributed by atoms with Crippen LogP contribution in [0.3, 0.4) is 0 Å². The van der Waals surface area contributed by atoms with Gasteiger partial charge in [-0.25, -0.2) is 0 Å². The van der Waals surface area contributed by atoms with E-state index >= 15 is 0 Å². The molecule has 1 fully saturated rings. The van der Waals surface area contributed by atoms with E-state index in [9.17, 15) is 14.9 Å². The molecule has 0 saturated heterocycles. The van der Waals surface area contributed by atoms with Gasteiger partial charge in [0.1, 0.15) is 12.0 Å². The number of carboxylic acid groups (broad SMARTS) is 1. The first kappa shape index (κ1) is 13.5. The Morgan fingerprint density at radius 2 is 2.00 bits per heavy atom. The maximum absolute atomic E-state index is 12.3. The number of carbonyl (C=O) groups excluding carboxylic acids is 1. The second-order valence-electron chi connectivity index (χ2n) is 4.52. The van der Waals surface area contributed by atoms with Gasteiger partial charge in [0.25, 0.3) is 0 Å². The largest absolute Gasteiger partial charge is 0.480 e. The molecule has 0 aromatic heterocycles. The molecule has 1 saturated carbocycles. The third-order valence-corrected chi connectivity index (χ3v) is 3.19. The predicted molar refractivity (Wildman–Crippen MR) is 61.0 cm³/mol. The monoisotopic (exact) mass is 238 g/mol. The highest BCUT2D eigenvalue weighted by Crippen LogP contribution is 2.39. The second-order valence-corrected chi connectivity index (χ2v) is 4.52. The van der Waals surface area contributed by atoms with Gasteiger partial charge >= 0.3 is 5.97 Å². The van der Waals surface area contributed by atoms with Gasteiger partial charge in [-0.1, -0.05) is 19.8 Å². The molecule has 0 spiro atoms. The summed E-state index contributed by atoms with van der Waals surface area (Å²) < 4.78 is 0. The lowest BCUT2D eigenvalue weighted by molar-refractivity contribution is -0.148.